The molecule has 0 aromatic heterocycles. The lowest BCUT2D eigenvalue weighted by atomic mass is 10.0. The topological polar surface area (TPSA) is 61.8 Å². The predicted molar refractivity (Wildman–Crippen MR) is 104 cm³/mol. The molecular formula is C22H24O5. The Bertz CT molecular complexity index is 867. The standard InChI is InChI=1S/C22H24O5/c1-14-6-7-18(12-15(14)2)22(24)16(3)27-21(23)11-8-17-13-19(25-4)9-10-20(17)26-5/h6-13,16H,1-5H3/b11-8+/t16-/m1/s1. The van der Waals surface area contributed by atoms with Gasteiger partial charge >= 0.3 is 5.97 Å². The summed E-state index contributed by atoms with van der Waals surface area (Å²) in [4.78, 5) is 24.6. The first-order valence-corrected chi connectivity index (χ1v) is 8.58. The molecule has 0 aliphatic heterocycles. The summed E-state index contributed by atoms with van der Waals surface area (Å²) in [6.07, 6.45) is 1.95. The molecule has 0 radical (unpaired) electrons. The van der Waals surface area contributed by atoms with E-state index in [0.29, 0.717) is 22.6 Å². The van der Waals surface area contributed by atoms with Gasteiger partial charge in [-0.2, -0.15) is 0 Å². The quantitative estimate of drug-likeness (QED) is 0.417. The van der Waals surface area contributed by atoms with Gasteiger partial charge in [-0.05, 0) is 62.2 Å². The van der Waals surface area contributed by atoms with E-state index < -0.39 is 12.1 Å². The van der Waals surface area contributed by atoms with Crippen LogP contribution in [0, 0.1) is 13.8 Å². The van der Waals surface area contributed by atoms with E-state index in [2.05, 4.69) is 0 Å². The second-order valence-electron chi connectivity index (χ2n) is 6.18. The largest absolute Gasteiger partial charge is 0.497 e. The van der Waals surface area contributed by atoms with Crippen LogP contribution in [0.2, 0.25) is 0 Å². The van der Waals surface area contributed by atoms with E-state index in [1.165, 1.54) is 6.08 Å². The number of ketones is 1. The van der Waals surface area contributed by atoms with Crippen LogP contribution in [0.15, 0.2) is 42.5 Å². The number of benzene rings is 2. The third-order valence-corrected chi connectivity index (χ3v) is 4.29. The molecule has 2 aromatic carbocycles. The van der Waals surface area contributed by atoms with Crippen molar-refractivity contribution >= 4 is 17.8 Å². The Labute approximate surface area is 159 Å². The Kier molecular flexibility index (Phi) is 6.77. The maximum Gasteiger partial charge on any atom is 0.331 e. The lowest BCUT2D eigenvalue weighted by molar-refractivity contribution is -0.140. The number of methoxy groups -OCH3 is 2. The highest BCUT2D eigenvalue weighted by Gasteiger charge is 2.19. The summed E-state index contributed by atoms with van der Waals surface area (Å²) in [6.45, 7) is 5.48. The van der Waals surface area contributed by atoms with Crippen molar-refractivity contribution in [1.82, 2.24) is 0 Å². The Hall–Kier alpha value is -3.08. The Morgan fingerprint density at radius 3 is 2.33 bits per heavy atom. The molecule has 0 amide bonds. The third-order valence-electron chi connectivity index (χ3n) is 4.29. The minimum absolute atomic E-state index is 0.237. The zero-order valence-electron chi connectivity index (χ0n) is 16.2. The molecule has 0 fully saturated rings. The summed E-state index contributed by atoms with van der Waals surface area (Å²) in [5.41, 5.74) is 3.31. The molecule has 0 spiro atoms. The van der Waals surface area contributed by atoms with Crippen LogP contribution < -0.4 is 9.47 Å². The highest BCUT2D eigenvalue weighted by molar-refractivity contribution is 6.01. The number of hydrogen-bond acceptors (Lipinski definition) is 5. The second kappa shape index (κ2) is 9.03. The zero-order valence-corrected chi connectivity index (χ0v) is 16.2. The normalized spacial score (nSPS) is 11.9. The Morgan fingerprint density at radius 2 is 1.70 bits per heavy atom. The van der Waals surface area contributed by atoms with Gasteiger partial charge in [0.1, 0.15) is 11.5 Å². The number of aryl methyl sites for hydroxylation is 2. The smallest absolute Gasteiger partial charge is 0.331 e. The molecule has 0 aliphatic rings. The van der Waals surface area contributed by atoms with Crippen LogP contribution in [0.5, 0.6) is 11.5 Å². The van der Waals surface area contributed by atoms with Gasteiger partial charge < -0.3 is 14.2 Å². The molecule has 1 atom stereocenters. The molecular weight excluding hydrogens is 344 g/mol. The van der Waals surface area contributed by atoms with E-state index >= 15 is 0 Å². The first kappa shape index (κ1) is 20.2. The summed E-state index contributed by atoms with van der Waals surface area (Å²) in [6, 6.07) is 10.7. The number of Topliss-reactive ketones (excluding diaryl/α,β-unsaturated/α-hetero) is 1. The molecule has 27 heavy (non-hydrogen) atoms. The lowest BCUT2D eigenvalue weighted by Crippen LogP contribution is -2.23. The van der Waals surface area contributed by atoms with Gasteiger partial charge in [-0.25, -0.2) is 4.79 Å². The van der Waals surface area contributed by atoms with E-state index in [4.69, 9.17) is 14.2 Å². The number of rotatable bonds is 7. The van der Waals surface area contributed by atoms with Gasteiger partial charge in [-0.1, -0.05) is 12.1 Å². The Morgan fingerprint density at radius 1 is 0.963 bits per heavy atom. The third kappa shape index (κ3) is 5.20. The van der Waals surface area contributed by atoms with E-state index in [1.54, 1.807) is 57.6 Å². The fraction of sp³-hybridized carbons (Fsp3) is 0.273. The van der Waals surface area contributed by atoms with Crippen molar-refractivity contribution in [3.05, 3.63) is 64.7 Å². The van der Waals surface area contributed by atoms with E-state index in [-0.39, 0.29) is 5.78 Å². The average Bonchev–Trinajstić information content (AvgIpc) is 2.67. The van der Waals surface area contributed by atoms with Gasteiger partial charge in [-0.3, -0.25) is 4.79 Å². The van der Waals surface area contributed by atoms with Crippen LogP contribution in [0.25, 0.3) is 6.08 Å². The number of hydrogen-bond donors (Lipinski definition) is 0. The number of ether oxygens (including phenoxy) is 3. The van der Waals surface area contributed by atoms with Crippen molar-refractivity contribution in [3.8, 4) is 11.5 Å². The number of carbonyl (C=O) groups excluding carboxylic acids is 2. The first-order valence-electron chi connectivity index (χ1n) is 8.58. The molecule has 2 rings (SSSR count). The van der Waals surface area contributed by atoms with Crippen LogP contribution in [-0.4, -0.2) is 32.1 Å². The van der Waals surface area contributed by atoms with E-state index in [0.717, 1.165) is 11.1 Å². The Balaban J connectivity index is 2.07. The highest BCUT2D eigenvalue weighted by Crippen LogP contribution is 2.25. The van der Waals surface area contributed by atoms with E-state index in [9.17, 15) is 9.59 Å². The van der Waals surface area contributed by atoms with Crippen LogP contribution in [0.3, 0.4) is 0 Å². The summed E-state index contributed by atoms with van der Waals surface area (Å²) in [5, 5.41) is 0. The summed E-state index contributed by atoms with van der Waals surface area (Å²) >= 11 is 0. The van der Waals surface area contributed by atoms with Crippen molar-refractivity contribution in [2.75, 3.05) is 14.2 Å². The van der Waals surface area contributed by atoms with Crippen LogP contribution >= 0.6 is 0 Å². The molecule has 5 nitrogen and oxygen atoms in total. The SMILES string of the molecule is COc1ccc(OC)c(/C=C/C(=O)O[C@H](C)C(=O)c2ccc(C)c(C)c2)c1. The molecule has 5 heteroatoms. The van der Waals surface area contributed by atoms with Crippen LogP contribution in [0.4, 0.5) is 0 Å². The molecule has 0 aliphatic carbocycles. The van der Waals surface area contributed by atoms with Crippen molar-refractivity contribution in [3.63, 3.8) is 0 Å². The van der Waals surface area contributed by atoms with Crippen molar-refractivity contribution < 1.29 is 23.8 Å². The van der Waals surface area contributed by atoms with Gasteiger partial charge in [0.2, 0.25) is 5.78 Å². The lowest BCUT2D eigenvalue weighted by Gasteiger charge is -2.12. The minimum atomic E-state index is -0.878. The average molecular weight is 368 g/mol. The van der Waals surface area contributed by atoms with Gasteiger partial charge in [-0.15, -0.1) is 0 Å². The zero-order chi connectivity index (χ0) is 20.0. The summed E-state index contributed by atoms with van der Waals surface area (Å²) < 4.78 is 15.7. The van der Waals surface area contributed by atoms with Gasteiger partial charge in [0.15, 0.2) is 6.10 Å². The molecule has 142 valence electrons. The molecule has 0 unspecified atom stereocenters. The number of carbonyl (C=O) groups is 2. The minimum Gasteiger partial charge on any atom is -0.497 e. The van der Waals surface area contributed by atoms with Crippen LogP contribution in [-0.2, 0) is 9.53 Å². The summed E-state index contributed by atoms with van der Waals surface area (Å²) in [5.74, 6) is 0.393. The number of esters is 1. The monoisotopic (exact) mass is 368 g/mol. The molecule has 0 saturated carbocycles. The van der Waals surface area contributed by atoms with Gasteiger partial charge in [0.25, 0.3) is 0 Å². The maximum atomic E-state index is 12.5. The summed E-state index contributed by atoms with van der Waals surface area (Å²) in [7, 11) is 3.10. The van der Waals surface area contributed by atoms with Crippen molar-refractivity contribution in [2.24, 2.45) is 0 Å². The van der Waals surface area contributed by atoms with Gasteiger partial charge in [0.05, 0.1) is 14.2 Å². The molecule has 2 aromatic rings. The van der Waals surface area contributed by atoms with Gasteiger partial charge in [0, 0.05) is 17.2 Å². The fourth-order valence-electron chi connectivity index (χ4n) is 2.52. The first-order chi connectivity index (χ1) is 12.8. The molecule has 0 bridgehead atoms. The second-order valence-corrected chi connectivity index (χ2v) is 6.18. The van der Waals surface area contributed by atoms with Crippen LogP contribution in [0.1, 0.15) is 34.0 Å². The predicted octanol–water partition coefficient (Wildman–Crippen LogP) is 4.15. The fourth-order valence-corrected chi connectivity index (χ4v) is 2.52. The highest BCUT2D eigenvalue weighted by atomic mass is 16.5. The molecule has 0 heterocycles. The molecule has 0 N–H and O–H groups in total. The molecule has 0 saturated heterocycles. The maximum absolute atomic E-state index is 12.5. The van der Waals surface area contributed by atoms with Crippen molar-refractivity contribution in [2.45, 2.75) is 26.9 Å². The van der Waals surface area contributed by atoms with Crippen molar-refractivity contribution in [1.29, 1.82) is 0 Å². The van der Waals surface area contributed by atoms with E-state index in [1.807, 2.05) is 19.9 Å².